The van der Waals surface area contributed by atoms with Crippen LogP contribution in [-0.2, 0) is 6.42 Å². The van der Waals surface area contributed by atoms with Gasteiger partial charge in [-0.1, -0.05) is 29.3 Å². The molecule has 2 rings (SSSR count). The Labute approximate surface area is 116 Å². The van der Waals surface area contributed by atoms with Gasteiger partial charge in [0, 0.05) is 22.4 Å². The molecule has 0 aliphatic rings. The monoisotopic (exact) mass is 281 g/mol. The molecule has 1 atom stereocenters. The highest BCUT2D eigenvalue weighted by Crippen LogP contribution is 2.24. The maximum absolute atomic E-state index is 6.16. The van der Waals surface area contributed by atoms with Crippen LogP contribution in [0.1, 0.15) is 17.4 Å². The molecule has 1 heterocycles. The Morgan fingerprint density at radius 1 is 1.22 bits per heavy atom. The van der Waals surface area contributed by atoms with Crippen molar-refractivity contribution in [3.05, 3.63) is 58.1 Å². The van der Waals surface area contributed by atoms with Gasteiger partial charge in [-0.3, -0.25) is 0 Å². The summed E-state index contributed by atoms with van der Waals surface area (Å²) in [5, 5.41) is 4.50. The highest BCUT2D eigenvalue weighted by atomic mass is 35.5. The van der Waals surface area contributed by atoms with Crippen molar-refractivity contribution in [3.63, 3.8) is 0 Å². The summed E-state index contributed by atoms with van der Waals surface area (Å²) in [6.45, 7) is 0. The van der Waals surface area contributed by atoms with Crippen LogP contribution in [0.25, 0.3) is 0 Å². The third kappa shape index (κ3) is 3.19. The summed E-state index contributed by atoms with van der Waals surface area (Å²) < 4.78 is 0. The van der Waals surface area contributed by atoms with Gasteiger partial charge in [-0.25, -0.2) is 9.97 Å². The van der Waals surface area contributed by atoms with Gasteiger partial charge in [0.2, 0.25) is 0 Å². The quantitative estimate of drug-likeness (QED) is 0.935. The van der Waals surface area contributed by atoms with Gasteiger partial charge in [-0.05, 0) is 37.2 Å². The lowest BCUT2D eigenvalue weighted by Gasteiger charge is -2.15. The van der Waals surface area contributed by atoms with Crippen LogP contribution in [0.15, 0.2) is 36.7 Å². The topological polar surface area (TPSA) is 37.8 Å². The zero-order chi connectivity index (χ0) is 13.0. The second kappa shape index (κ2) is 6.14. The van der Waals surface area contributed by atoms with Crippen LogP contribution >= 0.6 is 23.2 Å². The van der Waals surface area contributed by atoms with E-state index in [0.717, 1.165) is 17.8 Å². The fourth-order valence-electron chi connectivity index (χ4n) is 1.72. The van der Waals surface area contributed by atoms with E-state index < -0.39 is 0 Å². The number of nitrogens with zero attached hydrogens (tertiary/aromatic N) is 2. The van der Waals surface area contributed by atoms with E-state index in [1.165, 1.54) is 0 Å². The minimum Gasteiger partial charge on any atom is -0.310 e. The fraction of sp³-hybridized carbons (Fsp3) is 0.231. The molecule has 1 unspecified atom stereocenters. The molecular formula is C13H13Cl2N3. The highest BCUT2D eigenvalue weighted by molar-refractivity contribution is 6.35. The molecule has 0 spiro atoms. The number of likely N-dealkylation sites (N-methyl/N-ethyl adjacent to an activating group) is 1. The lowest BCUT2D eigenvalue weighted by molar-refractivity contribution is 0.557. The Bertz CT molecular complexity index is 517. The second-order valence-corrected chi connectivity index (χ2v) is 4.73. The van der Waals surface area contributed by atoms with E-state index in [-0.39, 0.29) is 6.04 Å². The van der Waals surface area contributed by atoms with Crippen LogP contribution in [0.3, 0.4) is 0 Å². The van der Waals surface area contributed by atoms with Gasteiger partial charge in [-0.2, -0.15) is 0 Å². The standard InChI is InChI=1S/C13H13Cl2N3/c1-16-12(13-17-5-2-6-18-13)7-9-3-4-10(14)8-11(9)15/h2-6,8,12,16H,7H2,1H3. The molecule has 18 heavy (non-hydrogen) atoms. The lowest BCUT2D eigenvalue weighted by Crippen LogP contribution is -2.21. The first-order chi connectivity index (χ1) is 8.70. The molecule has 3 nitrogen and oxygen atoms in total. The van der Waals surface area contributed by atoms with Crippen molar-refractivity contribution in [2.45, 2.75) is 12.5 Å². The van der Waals surface area contributed by atoms with Crippen molar-refractivity contribution < 1.29 is 0 Å². The summed E-state index contributed by atoms with van der Waals surface area (Å²) in [6.07, 6.45) is 4.18. The van der Waals surface area contributed by atoms with E-state index >= 15 is 0 Å². The van der Waals surface area contributed by atoms with Crippen molar-refractivity contribution in [2.75, 3.05) is 7.05 Å². The van der Waals surface area contributed by atoms with Crippen molar-refractivity contribution in [3.8, 4) is 0 Å². The lowest BCUT2D eigenvalue weighted by atomic mass is 10.1. The Morgan fingerprint density at radius 3 is 2.56 bits per heavy atom. The third-order valence-electron chi connectivity index (χ3n) is 2.69. The van der Waals surface area contributed by atoms with E-state index in [0.29, 0.717) is 10.0 Å². The minimum atomic E-state index is 0.0323. The van der Waals surface area contributed by atoms with Crippen LogP contribution in [0.5, 0.6) is 0 Å². The van der Waals surface area contributed by atoms with E-state index in [4.69, 9.17) is 23.2 Å². The van der Waals surface area contributed by atoms with Crippen LogP contribution in [0.2, 0.25) is 10.0 Å². The van der Waals surface area contributed by atoms with Gasteiger partial charge in [0.15, 0.2) is 0 Å². The summed E-state index contributed by atoms with van der Waals surface area (Å²) in [5.74, 6) is 0.756. The molecule has 1 N–H and O–H groups in total. The Hall–Kier alpha value is -1.16. The number of halogens is 2. The van der Waals surface area contributed by atoms with Gasteiger partial charge < -0.3 is 5.32 Å². The van der Waals surface area contributed by atoms with Crippen LogP contribution < -0.4 is 5.32 Å². The molecule has 0 saturated carbocycles. The fourth-order valence-corrected chi connectivity index (χ4v) is 2.21. The molecule has 5 heteroatoms. The molecule has 2 aromatic rings. The zero-order valence-electron chi connectivity index (χ0n) is 9.90. The molecule has 0 aliphatic heterocycles. The Balaban J connectivity index is 2.21. The maximum Gasteiger partial charge on any atom is 0.145 e. The first-order valence-corrected chi connectivity index (χ1v) is 6.34. The first kappa shape index (κ1) is 13.3. The largest absolute Gasteiger partial charge is 0.310 e. The summed E-state index contributed by atoms with van der Waals surface area (Å²) >= 11 is 12.0. The average Bonchev–Trinajstić information content (AvgIpc) is 2.39. The normalized spacial score (nSPS) is 12.4. The number of hydrogen-bond acceptors (Lipinski definition) is 3. The van der Waals surface area contributed by atoms with Gasteiger partial charge in [0.25, 0.3) is 0 Å². The maximum atomic E-state index is 6.16. The molecule has 1 aromatic heterocycles. The van der Waals surface area contributed by atoms with Crippen molar-refractivity contribution in [1.82, 2.24) is 15.3 Å². The average molecular weight is 282 g/mol. The zero-order valence-corrected chi connectivity index (χ0v) is 11.4. The molecule has 0 aliphatic carbocycles. The first-order valence-electron chi connectivity index (χ1n) is 5.59. The van der Waals surface area contributed by atoms with E-state index in [9.17, 15) is 0 Å². The number of hydrogen-bond donors (Lipinski definition) is 1. The third-order valence-corrected chi connectivity index (χ3v) is 3.27. The molecule has 0 radical (unpaired) electrons. The van der Waals surface area contributed by atoms with Crippen LogP contribution in [-0.4, -0.2) is 17.0 Å². The Kier molecular flexibility index (Phi) is 4.53. The number of benzene rings is 1. The van der Waals surface area contributed by atoms with Crippen molar-refractivity contribution in [2.24, 2.45) is 0 Å². The predicted octanol–water partition coefficient (Wildman–Crippen LogP) is 3.29. The summed E-state index contributed by atoms with van der Waals surface area (Å²) in [7, 11) is 1.88. The molecule has 0 fully saturated rings. The van der Waals surface area contributed by atoms with Crippen molar-refractivity contribution in [1.29, 1.82) is 0 Å². The van der Waals surface area contributed by atoms with Gasteiger partial charge in [0.1, 0.15) is 5.82 Å². The van der Waals surface area contributed by atoms with Gasteiger partial charge in [-0.15, -0.1) is 0 Å². The molecular weight excluding hydrogens is 269 g/mol. The van der Waals surface area contributed by atoms with Gasteiger partial charge >= 0.3 is 0 Å². The van der Waals surface area contributed by atoms with E-state index in [1.54, 1.807) is 24.5 Å². The minimum absolute atomic E-state index is 0.0323. The highest BCUT2D eigenvalue weighted by Gasteiger charge is 2.14. The second-order valence-electron chi connectivity index (χ2n) is 3.89. The molecule has 0 bridgehead atoms. The predicted molar refractivity (Wildman–Crippen MR) is 74.0 cm³/mol. The smallest absolute Gasteiger partial charge is 0.145 e. The van der Waals surface area contributed by atoms with E-state index in [2.05, 4.69) is 15.3 Å². The molecule has 1 aromatic carbocycles. The SMILES string of the molecule is CNC(Cc1ccc(Cl)cc1Cl)c1ncccn1. The number of aromatic nitrogens is 2. The molecule has 0 saturated heterocycles. The Morgan fingerprint density at radius 2 is 1.94 bits per heavy atom. The summed E-state index contributed by atoms with van der Waals surface area (Å²) in [5.41, 5.74) is 1.02. The van der Waals surface area contributed by atoms with Gasteiger partial charge in [0.05, 0.1) is 6.04 Å². The van der Waals surface area contributed by atoms with Crippen LogP contribution in [0.4, 0.5) is 0 Å². The van der Waals surface area contributed by atoms with Crippen molar-refractivity contribution >= 4 is 23.2 Å². The molecule has 94 valence electrons. The van der Waals surface area contributed by atoms with E-state index in [1.807, 2.05) is 19.2 Å². The summed E-state index contributed by atoms with van der Waals surface area (Å²) in [6, 6.07) is 7.34. The number of rotatable bonds is 4. The van der Waals surface area contributed by atoms with Crippen LogP contribution in [0, 0.1) is 0 Å². The number of nitrogens with one attached hydrogen (secondary N) is 1. The molecule has 0 amide bonds. The summed E-state index contributed by atoms with van der Waals surface area (Å²) in [4.78, 5) is 8.50.